The van der Waals surface area contributed by atoms with Gasteiger partial charge in [-0.05, 0) is 58.0 Å². The Morgan fingerprint density at radius 3 is 1.31 bits per heavy atom. The van der Waals surface area contributed by atoms with Crippen molar-refractivity contribution >= 4 is 125 Å². The first-order chi connectivity index (χ1) is 26.7. The van der Waals surface area contributed by atoms with Crippen LogP contribution in [0.4, 0.5) is 0 Å². The van der Waals surface area contributed by atoms with Gasteiger partial charge >= 0.3 is 0 Å². The molecule has 0 radical (unpaired) electrons. The van der Waals surface area contributed by atoms with Crippen LogP contribution in [0.5, 0.6) is 0 Å². The molecule has 1 aromatic heterocycles. The fourth-order valence-corrected chi connectivity index (χ4v) is 16.6. The van der Waals surface area contributed by atoms with E-state index in [1.54, 1.807) is 8.47 Å². The first kappa shape index (κ1) is 39.2. The Hall–Kier alpha value is -1.68. The highest BCUT2D eigenvalue weighted by Gasteiger charge is 2.30. The molecule has 3 heterocycles. The van der Waals surface area contributed by atoms with Gasteiger partial charge in [0.05, 0.1) is 39.0 Å². The number of thioether (sulfide) groups is 6. The lowest BCUT2D eigenvalue weighted by molar-refractivity contribution is 0.586. The van der Waals surface area contributed by atoms with Crippen molar-refractivity contribution in [1.82, 2.24) is 9.97 Å². The molecule has 0 N–H and O–H groups in total. The van der Waals surface area contributed by atoms with Gasteiger partial charge in [-0.25, -0.2) is 9.97 Å². The van der Waals surface area contributed by atoms with E-state index in [4.69, 9.17) is 9.97 Å². The molecular weight excluding hydrogens is 773 g/mol. The molecule has 282 valence electrons. The molecule has 8 heteroatoms. The summed E-state index contributed by atoms with van der Waals surface area (Å²) in [7, 11) is 0. The third kappa shape index (κ3) is 8.89. The van der Waals surface area contributed by atoms with Crippen molar-refractivity contribution in [2.24, 2.45) is 0 Å². The van der Waals surface area contributed by atoms with Crippen molar-refractivity contribution < 1.29 is 0 Å². The molecule has 0 atom stereocenters. The number of nitrogens with zero attached hydrogens (tertiary/aromatic N) is 2. The van der Waals surface area contributed by atoms with Gasteiger partial charge in [0.1, 0.15) is 0 Å². The number of aromatic nitrogens is 2. The van der Waals surface area contributed by atoms with Crippen molar-refractivity contribution in [2.45, 2.75) is 126 Å². The fourth-order valence-electron chi connectivity index (χ4n) is 7.79. The molecule has 0 saturated heterocycles. The number of hydrogen-bond acceptors (Lipinski definition) is 8. The Bertz CT molecular complexity index is 2140. The van der Waals surface area contributed by atoms with E-state index in [-0.39, 0.29) is 0 Å². The number of unbranched alkanes of at least 4 members (excludes halogenated alkanes) is 14. The number of rotatable bonds is 20. The van der Waals surface area contributed by atoms with Crippen LogP contribution in [0.25, 0.3) is 54.4 Å². The highest BCUT2D eigenvalue weighted by Crippen LogP contribution is 2.64. The van der Waals surface area contributed by atoms with Gasteiger partial charge in [0.25, 0.3) is 0 Å². The van der Waals surface area contributed by atoms with Gasteiger partial charge in [-0.1, -0.05) is 199 Å². The first-order valence-electron chi connectivity index (χ1n) is 20.5. The van der Waals surface area contributed by atoms with E-state index < -0.39 is 0 Å². The molecular formula is C46H52N2S6. The molecule has 0 unspecified atom stereocenters. The van der Waals surface area contributed by atoms with Crippen LogP contribution in [0.2, 0.25) is 0 Å². The van der Waals surface area contributed by atoms with Gasteiger partial charge in [0.15, 0.2) is 0 Å². The average molecular weight is 825 g/mol. The normalized spacial score (nSPS) is 14.8. The van der Waals surface area contributed by atoms with Crippen molar-refractivity contribution in [2.75, 3.05) is 11.5 Å². The van der Waals surface area contributed by atoms with E-state index in [0.717, 1.165) is 22.1 Å². The van der Waals surface area contributed by atoms with Crippen molar-refractivity contribution in [3.63, 3.8) is 0 Å². The van der Waals surface area contributed by atoms with E-state index in [1.807, 2.05) is 47.0 Å². The van der Waals surface area contributed by atoms with Crippen molar-refractivity contribution in [3.8, 4) is 0 Å². The molecule has 0 amide bonds. The van der Waals surface area contributed by atoms with Gasteiger partial charge in [0.2, 0.25) is 0 Å². The zero-order valence-electron chi connectivity index (χ0n) is 31.8. The van der Waals surface area contributed by atoms with Crippen LogP contribution in [0.15, 0.2) is 87.4 Å². The highest BCUT2D eigenvalue weighted by atomic mass is 32.3. The average Bonchev–Trinajstić information content (AvgIpc) is 3.81. The van der Waals surface area contributed by atoms with Gasteiger partial charge in [-0.15, -0.1) is 23.5 Å². The second kappa shape index (κ2) is 19.2. The largest absolute Gasteiger partial charge is 0.244 e. The lowest BCUT2D eigenvalue weighted by Gasteiger charge is -2.14. The van der Waals surface area contributed by atoms with Crippen LogP contribution >= 0.6 is 70.6 Å². The minimum Gasteiger partial charge on any atom is -0.244 e. The summed E-state index contributed by atoms with van der Waals surface area (Å²) in [6.45, 7) is 4.61. The zero-order chi connectivity index (χ0) is 36.7. The smallest absolute Gasteiger partial charge is 0.0979 e. The Labute approximate surface area is 347 Å². The summed E-state index contributed by atoms with van der Waals surface area (Å²) in [5, 5.41) is 7.54. The van der Waals surface area contributed by atoms with E-state index in [9.17, 15) is 0 Å². The second-order valence-corrected chi connectivity index (χ2v) is 22.2. The Balaban J connectivity index is 0.982. The SMILES string of the molecule is CCCCCCCCCCSC1=C(SCCCCCCCCCC)SC(=C2Sc3cc4nc5c6cccc7ccc8cccc(c5nc4cc3S2)c8c76)S1. The Morgan fingerprint density at radius 1 is 0.463 bits per heavy atom. The number of benzene rings is 5. The minimum atomic E-state index is 0.989. The van der Waals surface area contributed by atoms with Crippen LogP contribution in [0, 0.1) is 0 Å². The van der Waals surface area contributed by atoms with E-state index in [0.29, 0.717) is 0 Å². The predicted octanol–water partition coefficient (Wildman–Crippen LogP) is 17.4. The van der Waals surface area contributed by atoms with Crippen LogP contribution in [0.1, 0.15) is 117 Å². The molecule has 54 heavy (non-hydrogen) atoms. The minimum absolute atomic E-state index is 0.989. The predicted molar refractivity (Wildman–Crippen MR) is 252 cm³/mol. The highest BCUT2D eigenvalue weighted by molar-refractivity contribution is 8.42. The molecule has 6 aromatic rings. The van der Waals surface area contributed by atoms with Gasteiger partial charge in [-0.2, -0.15) is 0 Å². The van der Waals surface area contributed by atoms with Crippen LogP contribution < -0.4 is 0 Å². The molecule has 0 saturated carbocycles. The maximum Gasteiger partial charge on any atom is 0.0979 e. The van der Waals surface area contributed by atoms with Crippen LogP contribution in [0.3, 0.4) is 0 Å². The summed E-state index contributed by atoms with van der Waals surface area (Å²) in [4.78, 5) is 13.4. The monoisotopic (exact) mass is 824 g/mol. The molecule has 0 aliphatic carbocycles. The summed E-state index contributed by atoms with van der Waals surface area (Å²) in [5.41, 5.74) is 4.00. The summed E-state index contributed by atoms with van der Waals surface area (Å²) in [5.74, 6) is 2.48. The lowest BCUT2D eigenvalue weighted by Crippen LogP contribution is -1.93. The summed E-state index contributed by atoms with van der Waals surface area (Å²) < 4.78 is 6.00. The zero-order valence-corrected chi connectivity index (χ0v) is 36.7. The molecule has 8 rings (SSSR count). The Kier molecular flexibility index (Phi) is 13.9. The van der Waals surface area contributed by atoms with E-state index in [1.165, 1.54) is 165 Å². The van der Waals surface area contributed by atoms with Crippen molar-refractivity contribution in [3.05, 3.63) is 77.6 Å². The summed E-state index contributed by atoms with van der Waals surface area (Å²) in [6, 6.07) is 22.3. The van der Waals surface area contributed by atoms with Crippen molar-refractivity contribution in [1.29, 1.82) is 0 Å². The topological polar surface area (TPSA) is 25.8 Å². The van der Waals surface area contributed by atoms with E-state index >= 15 is 0 Å². The number of fused-ring (bicyclic) bond motifs is 5. The molecule has 2 nitrogen and oxygen atoms in total. The second-order valence-electron chi connectivity index (χ2n) is 14.8. The van der Waals surface area contributed by atoms with Gasteiger partial charge in [-0.3, -0.25) is 0 Å². The molecule has 0 fully saturated rings. The standard InChI is InChI=1S/C46H52N2S6/c1-3-5-7-9-11-13-15-17-27-49-43-44(50-28-18-16-14-12-10-8-6-4-2)54-46(53-43)45-51-37-29-35-36(30-38(37)52-45)48-42-34-24-20-22-32-26-25-31-21-19-23-33(41(42)47-35)39(31)40(32)34/h19-26,29-30H,3-18,27-28H2,1-2H3. The third-order valence-electron chi connectivity index (χ3n) is 10.7. The van der Waals surface area contributed by atoms with Gasteiger partial charge < -0.3 is 0 Å². The molecule has 0 bridgehead atoms. The van der Waals surface area contributed by atoms with Crippen LogP contribution in [-0.2, 0) is 0 Å². The van der Waals surface area contributed by atoms with Crippen LogP contribution in [-0.4, -0.2) is 21.5 Å². The Morgan fingerprint density at radius 2 is 0.870 bits per heavy atom. The number of hydrogen-bond donors (Lipinski definition) is 0. The fraction of sp³-hybridized carbons (Fsp3) is 0.435. The lowest BCUT2D eigenvalue weighted by atomic mass is 9.93. The maximum absolute atomic E-state index is 5.37. The molecule has 5 aromatic carbocycles. The molecule has 2 aliphatic heterocycles. The quantitative estimate of drug-likeness (QED) is 0.0427. The molecule has 2 aliphatic rings. The van der Waals surface area contributed by atoms with E-state index in [2.05, 4.69) is 98.0 Å². The first-order valence-corrected chi connectivity index (χ1v) is 25.7. The summed E-state index contributed by atoms with van der Waals surface area (Å²) >= 11 is 12.2. The van der Waals surface area contributed by atoms with Gasteiger partial charge in [0, 0.05) is 20.6 Å². The third-order valence-corrected chi connectivity index (χ3v) is 19.4. The summed E-state index contributed by atoms with van der Waals surface area (Å²) in [6.07, 6.45) is 22.1. The molecule has 0 spiro atoms. The maximum atomic E-state index is 5.37.